The van der Waals surface area contributed by atoms with E-state index in [1.54, 1.807) is 0 Å². The first-order valence-corrected chi connectivity index (χ1v) is 9.77. The molecule has 1 fully saturated rings. The molecule has 164 valence electrons. The number of halogens is 2. The lowest BCUT2D eigenvalue weighted by molar-refractivity contribution is -0.123. The summed E-state index contributed by atoms with van der Waals surface area (Å²) >= 11 is 0. The molecule has 2 aromatic rings. The lowest BCUT2D eigenvalue weighted by Gasteiger charge is -2.32. The van der Waals surface area contributed by atoms with E-state index in [1.807, 2.05) is 60.7 Å². The Kier molecular flexibility index (Phi) is 11.4. The molecule has 1 aliphatic heterocycles. The fourth-order valence-electron chi connectivity index (χ4n) is 3.46. The van der Waals surface area contributed by atoms with Gasteiger partial charge in [-0.05, 0) is 30.5 Å². The number of carbonyl (C=O) groups excluding carboxylic acids is 2. The van der Waals surface area contributed by atoms with Crippen molar-refractivity contribution in [2.24, 2.45) is 5.73 Å². The molecule has 0 aliphatic carbocycles. The number of para-hydroxylation sites is 1. The number of nitrogens with one attached hydrogen (secondary N) is 2. The number of piperidine rings is 1. The second-order valence-electron chi connectivity index (χ2n) is 7.25. The van der Waals surface area contributed by atoms with Gasteiger partial charge in [0.1, 0.15) is 0 Å². The zero-order valence-electron chi connectivity index (χ0n) is 16.8. The molecular weight excluding hydrogens is 423 g/mol. The number of benzene rings is 2. The molecular formula is C22H30Cl2N4O2. The summed E-state index contributed by atoms with van der Waals surface area (Å²) < 4.78 is 0. The molecule has 1 saturated heterocycles. The highest BCUT2D eigenvalue weighted by Crippen LogP contribution is 2.15. The summed E-state index contributed by atoms with van der Waals surface area (Å²) in [6.45, 7) is 1.95. The van der Waals surface area contributed by atoms with Gasteiger partial charge in [-0.25, -0.2) is 0 Å². The van der Waals surface area contributed by atoms with Gasteiger partial charge in [0, 0.05) is 37.3 Å². The van der Waals surface area contributed by atoms with Gasteiger partial charge in [0.05, 0.1) is 6.54 Å². The van der Waals surface area contributed by atoms with Crippen LogP contribution in [0.2, 0.25) is 0 Å². The topological polar surface area (TPSA) is 87.5 Å². The number of rotatable bonds is 7. The summed E-state index contributed by atoms with van der Waals surface area (Å²) in [6, 6.07) is 19.0. The van der Waals surface area contributed by atoms with Gasteiger partial charge in [0.2, 0.25) is 11.8 Å². The van der Waals surface area contributed by atoms with Crippen LogP contribution in [0.4, 0.5) is 5.69 Å². The first-order valence-electron chi connectivity index (χ1n) is 9.77. The number of hydrogen-bond acceptors (Lipinski definition) is 4. The van der Waals surface area contributed by atoms with Crippen LogP contribution in [0.1, 0.15) is 30.9 Å². The van der Waals surface area contributed by atoms with Crippen LogP contribution in [0.25, 0.3) is 0 Å². The Morgan fingerprint density at radius 3 is 2.10 bits per heavy atom. The third-order valence-corrected chi connectivity index (χ3v) is 5.01. The molecule has 0 spiro atoms. The normalized spacial score (nSPS) is 15.2. The molecule has 0 radical (unpaired) electrons. The van der Waals surface area contributed by atoms with E-state index in [0.29, 0.717) is 6.54 Å². The van der Waals surface area contributed by atoms with Crippen molar-refractivity contribution in [1.29, 1.82) is 0 Å². The Hall–Kier alpha value is -2.12. The molecule has 30 heavy (non-hydrogen) atoms. The third-order valence-electron chi connectivity index (χ3n) is 5.01. The predicted octanol–water partition coefficient (Wildman–Crippen LogP) is 3.14. The van der Waals surface area contributed by atoms with Gasteiger partial charge in [-0.3, -0.25) is 14.5 Å². The van der Waals surface area contributed by atoms with Gasteiger partial charge in [-0.1, -0.05) is 48.5 Å². The number of carbonyl (C=O) groups is 2. The van der Waals surface area contributed by atoms with Gasteiger partial charge in [0.15, 0.2) is 0 Å². The SMILES string of the molecule is Cl.Cl.NC(CC(=O)NC1CCN(CC(=O)Nc2ccccc2)CC1)c1ccccc1. The van der Waals surface area contributed by atoms with Crippen LogP contribution in [-0.4, -0.2) is 42.4 Å². The van der Waals surface area contributed by atoms with Crippen LogP contribution in [0.5, 0.6) is 0 Å². The summed E-state index contributed by atoms with van der Waals surface area (Å²) in [5, 5.41) is 5.99. The van der Waals surface area contributed by atoms with Crippen molar-refractivity contribution in [1.82, 2.24) is 10.2 Å². The molecule has 1 unspecified atom stereocenters. The minimum Gasteiger partial charge on any atom is -0.353 e. The van der Waals surface area contributed by atoms with Crippen LogP contribution < -0.4 is 16.4 Å². The highest BCUT2D eigenvalue weighted by molar-refractivity contribution is 5.92. The smallest absolute Gasteiger partial charge is 0.238 e. The summed E-state index contributed by atoms with van der Waals surface area (Å²) in [7, 11) is 0. The average molecular weight is 453 g/mol. The number of hydrogen-bond donors (Lipinski definition) is 3. The Bertz CT molecular complexity index is 769. The van der Waals surface area contributed by atoms with Gasteiger partial charge in [0.25, 0.3) is 0 Å². The summed E-state index contributed by atoms with van der Waals surface area (Å²) in [4.78, 5) is 26.6. The molecule has 1 heterocycles. The van der Waals surface area contributed by atoms with Crippen LogP contribution in [-0.2, 0) is 9.59 Å². The van der Waals surface area contributed by atoms with Crippen molar-refractivity contribution in [2.45, 2.75) is 31.3 Å². The Balaban J connectivity index is 0.00000225. The van der Waals surface area contributed by atoms with Crippen molar-refractivity contribution >= 4 is 42.3 Å². The van der Waals surface area contributed by atoms with Crippen LogP contribution in [0.15, 0.2) is 60.7 Å². The van der Waals surface area contributed by atoms with Crippen LogP contribution >= 0.6 is 24.8 Å². The Labute approximate surface area is 190 Å². The van der Waals surface area contributed by atoms with Gasteiger partial charge >= 0.3 is 0 Å². The molecule has 3 rings (SSSR count). The van der Waals surface area contributed by atoms with Crippen molar-refractivity contribution in [2.75, 3.05) is 25.0 Å². The molecule has 0 aromatic heterocycles. The van der Waals surface area contributed by atoms with Gasteiger partial charge in [-0.15, -0.1) is 24.8 Å². The lowest BCUT2D eigenvalue weighted by Crippen LogP contribution is -2.46. The first-order chi connectivity index (χ1) is 13.6. The minimum atomic E-state index is -0.289. The van der Waals surface area contributed by atoms with E-state index in [0.717, 1.165) is 37.2 Å². The van der Waals surface area contributed by atoms with Crippen molar-refractivity contribution in [3.63, 3.8) is 0 Å². The Morgan fingerprint density at radius 2 is 1.50 bits per heavy atom. The molecule has 0 bridgehead atoms. The van der Waals surface area contributed by atoms with Crippen molar-refractivity contribution < 1.29 is 9.59 Å². The maximum atomic E-state index is 12.3. The standard InChI is InChI=1S/C22H28N4O2.2ClH/c23-20(17-7-3-1-4-8-17)15-21(27)24-19-11-13-26(14-12-19)16-22(28)25-18-9-5-2-6-10-18;;/h1-10,19-20H,11-16,23H2,(H,24,27)(H,25,28);2*1H. The molecule has 1 aliphatic rings. The van der Waals surface area contributed by atoms with E-state index in [2.05, 4.69) is 15.5 Å². The average Bonchev–Trinajstić information content (AvgIpc) is 2.71. The van der Waals surface area contributed by atoms with Gasteiger partial charge in [-0.2, -0.15) is 0 Å². The second-order valence-corrected chi connectivity index (χ2v) is 7.25. The van der Waals surface area contributed by atoms with E-state index in [1.165, 1.54) is 0 Å². The van der Waals surface area contributed by atoms with E-state index in [4.69, 9.17) is 5.73 Å². The van der Waals surface area contributed by atoms with Crippen LogP contribution in [0.3, 0.4) is 0 Å². The summed E-state index contributed by atoms with van der Waals surface area (Å²) in [5.41, 5.74) is 7.91. The van der Waals surface area contributed by atoms with E-state index < -0.39 is 0 Å². The quantitative estimate of drug-likeness (QED) is 0.601. The number of likely N-dealkylation sites (tertiary alicyclic amines) is 1. The molecule has 8 heteroatoms. The molecule has 1 atom stereocenters. The summed E-state index contributed by atoms with van der Waals surface area (Å²) in [5.74, 6) is -0.0286. The predicted molar refractivity (Wildman–Crippen MR) is 125 cm³/mol. The monoisotopic (exact) mass is 452 g/mol. The number of nitrogens with two attached hydrogens (primary N) is 1. The van der Waals surface area contributed by atoms with Crippen molar-refractivity contribution in [3.8, 4) is 0 Å². The number of amides is 2. The fraction of sp³-hybridized carbons (Fsp3) is 0.364. The summed E-state index contributed by atoms with van der Waals surface area (Å²) in [6.07, 6.45) is 1.96. The zero-order chi connectivity index (χ0) is 19.8. The second kappa shape index (κ2) is 13.2. The van der Waals surface area contributed by atoms with E-state index >= 15 is 0 Å². The minimum absolute atomic E-state index is 0. The molecule has 4 N–H and O–H groups in total. The number of anilines is 1. The molecule has 2 amide bonds. The highest BCUT2D eigenvalue weighted by atomic mass is 35.5. The first kappa shape index (κ1) is 25.9. The molecule has 0 saturated carbocycles. The third kappa shape index (κ3) is 8.32. The van der Waals surface area contributed by atoms with Gasteiger partial charge < -0.3 is 16.4 Å². The lowest BCUT2D eigenvalue weighted by atomic mass is 10.0. The maximum absolute atomic E-state index is 12.3. The zero-order valence-corrected chi connectivity index (χ0v) is 18.5. The number of nitrogens with zero attached hydrogens (tertiary/aromatic N) is 1. The van der Waals surface area contributed by atoms with E-state index in [-0.39, 0.29) is 55.1 Å². The maximum Gasteiger partial charge on any atom is 0.238 e. The fourth-order valence-corrected chi connectivity index (χ4v) is 3.46. The highest BCUT2D eigenvalue weighted by Gasteiger charge is 2.23. The largest absolute Gasteiger partial charge is 0.353 e. The van der Waals surface area contributed by atoms with E-state index in [9.17, 15) is 9.59 Å². The van der Waals surface area contributed by atoms with Crippen LogP contribution in [0, 0.1) is 0 Å². The Morgan fingerprint density at radius 1 is 0.933 bits per heavy atom. The molecule has 6 nitrogen and oxygen atoms in total. The molecule has 2 aromatic carbocycles. The van der Waals surface area contributed by atoms with Crippen molar-refractivity contribution in [3.05, 3.63) is 66.2 Å².